The van der Waals surface area contributed by atoms with Gasteiger partial charge in [-0.1, -0.05) is 24.3 Å². The molecular formula is C24H19N5O2. The summed E-state index contributed by atoms with van der Waals surface area (Å²) in [5.41, 5.74) is 4.92. The molecule has 0 atom stereocenters. The van der Waals surface area contributed by atoms with E-state index in [2.05, 4.69) is 16.2 Å². The third kappa shape index (κ3) is 3.71. The minimum absolute atomic E-state index is 0.173. The first-order chi connectivity index (χ1) is 15.2. The highest BCUT2D eigenvalue weighted by Crippen LogP contribution is 2.26. The van der Waals surface area contributed by atoms with Crippen LogP contribution < -0.4 is 9.64 Å². The number of benzene rings is 2. The summed E-state index contributed by atoms with van der Waals surface area (Å²) in [5, 5.41) is 13.6. The number of nitrogens with zero attached hydrogens (tertiary/aromatic N) is 5. The molecule has 1 saturated heterocycles. The first-order valence-corrected chi connectivity index (χ1v) is 10.1. The zero-order valence-electron chi connectivity index (χ0n) is 16.7. The molecule has 152 valence electrons. The molecule has 0 N–H and O–H groups in total. The monoisotopic (exact) mass is 409 g/mol. The molecule has 0 aliphatic carbocycles. The van der Waals surface area contributed by atoms with Gasteiger partial charge in [0.1, 0.15) is 6.61 Å². The minimum Gasteiger partial charge on any atom is -0.472 e. The van der Waals surface area contributed by atoms with Gasteiger partial charge >= 0.3 is 0 Å². The fourth-order valence-corrected chi connectivity index (χ4v) is 3.75. The van der Waals surface area contributed by atoms with Crippen LogP contribution in [0.5, 0.6) is 5.88 Å². The highest BCUT2D eigenvalue weighted by molar-refractivity contribution is 5.95. The Hall–Kier alpha value is -4.18. The molecule has 1 fully saturated rings. The van der Waals surface area contributed by atoms with Crippen LogP contribution in [0.25, 0.3) is 16.9 Å². The van der Waals surface area contributed by atoms with E-state index in [1.54, 1.807) is 28.9 Å². The van der Waals surface area contributed by atoms with Crippen molar-refractivity contribution in [2.24, 2.45) is 0 Å². The number of anilines is 1. The van der Waals surface area contributed by atoms with E-state index in [0.717, 1.165) is 35.5 Å². The fourth-order valence-electron chi connectivity index (χ4n) is 3.75. The third-order valence-corrected chi connectivity index (χ3v) is 5.33. The lowest BCUT2D eigenvalue weighted by atomic mass is 10.1. The summed E-state index contributed by atoms with van der Waals surface area (Å²) >= 11 is 0. The Kier molecular flexibility index (Phi) is 4.81. The van der Waals surface area contributed by atoms with Crippen LogP contribution in [0.2, 0.25) is 0 Å². The Balaban J connectivity index is 1.38. The molecule has 1 aliphatic heterocycles. The lowest BCUT2D eigenvalue weighted by Crippen LogP contribution is -2.23. The summed E-state index contributed by atoms with van der Waals surface area (Å²) in [6.07, 6.45) is 3.29. The first-order valence-electron chi connectivity index (χ1n) is 10.1. The lowest BCUT2D eigenvalue weighted by molar-refractivity contribution is -0.117. The minimum atomic E-state index is 0.173. The number of hydrogen-bond donors (Lipinski definition) is 0. The van der Waals surface area contributed by atoms with Gasteiger partial charge in [-0.15, -0.1) is 5.10 Å². The van der Waals surface area contributed by atoms with Crippen LogP contribution in [0.15, 0.2) is 66.9 Å². The largest absolute Gasteiger partial charge is 0.472 e. The van der Waals surface area contributed by atoms with Crippen LogP contribution in [-0.2, 0) is 11.4 Å². The van der Waals surface area contributed by atoms with Crippen LogP contribution in [0, 0.1) is 11.3 Å². The number of nitriles is 1. The predicted molar refractivity (Wildman–Crippen MR) is 115 cm³/mol. The summed E-state index contributed by atoms with van der Waals surface area (Å²) < 4.78 is 7.59. The second-order valence-corrected chi connectivity index (χ2v) is 7.38. The SMILES string of the molecule is N#Cc1cccc(COc2ccc3ncc(-c4ccc(N5CCCC5=O)cc4)n3n2)c1. The molecule has 7 nitrogen and oxygen atoms in total. The van der Waals surface area contributed by atoms with Crippen molar-refractivity contribution in [1.29, 1.82) is 5.26 Å². The topological polar surface area (TPSA) is 83.5 Å². The van der Waals surface area contributed by atoms with Crippen molar-refractivity contribution >= 4 is 17.2 Å². The summed E-state index contributed by atoms with van der Waals surface area (Å²) in [4.78, 5) is 18.2. The standard InChI is InChI=1S/C24H19N5O2/c25-14-17-3-1-4-18(13-17)16-31-23-11-10-22-26-15-21(29(22)27-23)19-6-8-20(9-7-19)28-12-2-5-24(28)30/h1,3-4,6-11,13,15H,2,5,12,16H2. The van der Waals surface area contributed by atoms with E-state index >= 15 is 0 Å². The van der Waals surface area contributed by atoms with Crippen LogP contribution >= 0.6 is 0 Å². The van der Waals surface area contributed by atoms with Gasteiger partial charge in [-0.3, -0.25) is 4.79 Å². The number of rotatable bonds is 5. The molecule has 31 heavy (non-hydrogen) atoms. The molecule has 7 heteroatoms. The van der Waals surface area contributed by atoms with Crippen molar-refractivity contribution in [2.45, 2.75) is 19.4 Å². The summed E-state index contributed by atoms with van der Waals surface area (Å²) in [5.74, 6) is 0.639. The highest BCUT2D eigenvalue weighted by atomic mass is 16.5. The Bertz CT molecular complexity index is 1300. The molecule has 3 heterocycles. The smallest absolute Gasteiger partial charge is 0.232 e. The van der Waals surface area contributed by atoms with E-state index in [9.17, 15) is 4.79 Å². The molecule has 0 saturated carbocycles. The maximum atomic E-state index is 12.0. The highest BCUT2D eigenvalue weighted by Gasteiger charge is 2.21. The number of amides is 1. The van der Waals surface area contributed by atoms with Crippen molar-refractivity contribution in [3.05, 3.63) is 78.0 Å². The van der Waals surface area contributed by atoms with Gasteiger partial charge in [0.25, 0.3) is 0 Å². The quantitative estimate of drug-likeness (QED) is 0.498. The first kappa shape index (κ1) is 18.8. The molecule has 2 aromatic carbocycles. The van der Waals surface area contributed by atoms with Crippen molar-refractivity contribution in [3.63, 3.8) is 0 Å². The maximum Gasteiger partial charge on any atom is 0.232 e. The normalized spacial score (nSPS) is 13.5. The van der Waals surface area contributed by atoms with E-state index < -0.39 is 0 Å². The van der Waals surface area contributed by atoms with Crippen LogP contribution in [-0.4, -0.2) is 27.0 Å². The van der Waals surface area contributed by atoms with Gasteiger partial charge < -0.3 is 9.64 Å². The zero-order valence-corrected chi connectivity index (χ0v) is 16.7. The Morgan fingerprint density at radius 2 is 1.97 bits per heavy atom. The third-order valence-electron chi connectivity index (χ3n) is 5.33. The van der Waals surface area contributed by atoms with Crippen molar-refractivity contribution < 1.29 is 9.53 Å². The Labute approximate surface area is 179 Å². The van der Waals surface area contributed by atoms with E-state index in [-0.39, 0.29) is 5.91 Å². The second-order valence-electron chi connectivity index (χ2n) is 7.38. The van der Waals surface area contributed by atoms with E-state index in [1.165, 1.54) is 0 Å². The average Bonchev–Trinajstić information content (AvgIpc) is 3.44. The molecule has 0 spiro atoms. The number of carbonyl (C=O) groups excluding carboxylic acids is 1. The predicted octanol–water partition coefficient (Wildman–Crippen LogP) is 3.97. The van der Waals surface area contributed by atoms with Gasteiger partial charge in [0, 0.05) is 30.3 Å². The molecule has 5 rings (SSSR count). The number of carbonyl (C=O) groups is 1. The number of aromatic nitrogens is 3. The average molecular weight is 409 g/mol. The lowest BCUT2D eigenvalue weighted by Gasteiger charge is -2.15. The van der Waals surface area contributed by atoms with Crippen molar-refractivity contribution in [3.8, 4) is 23.2 Å². The molecule has 4 aromatic rings. The molecule has 0 radical (unpaired) electrons. The number of fused-ring (bicyclic) bond motifs is 1. The summed E-state index contributed by atoms with van der Waals surface area (Å²) in [7, 11) is 0. The van der Waals surface area contributed by atoms with Gasteiger partial charge in [0.05, 0.1) is 23.5 Å². The van der Waals surface area contributed by atoms with Gasteiger partial charge in [0.2, 0.25) is 11.8 Å². The van der Waals surface area contributed by atoms with Gasteiger partial charge in [-0.2, -0.15) is 5.26 Å². The van der Waals surface area contributed by atoms with Gasteiger partial charge in [-0.05, 0) is 42.3 Å². The Morgan fingerprint density at radius 1 is 1.10 bits per heavy atom. The number of hydrogen-bond acceptors (Lipinski definition) is 5. The Morgan fingerprint density at radius 3 is 2.74 bits per heavy atom. The molecule has 2 aromatic heterocycles. The molecule has 0 bridgehead atoms. The van der Waals surface area contributed by atoms with Crippen LogP contribution in [0.1, 0.15) is 24.0 Å². The van der Waals surface area contributed by atoms with Gasteiger partial charge in [-0.25, -0.2) is 9.50 Å². The summed E-state index contributed by atoms with van der Waals surface area (Å²) in [6, 6.07) is 20.9. The van der Waals surface area contributed by atoms with Crippen LogP contribution in [0.4, 0.5) is 5.69 Å². The number of ether oxygens (including phenoxy) is 1. The fraction of sp³-hybridized carbons (Fsp3) is 0.167. The van der Waals surface area contributed by atoms with Crippen molar-refractivity contribution in [1.82, 2.24) is 14.6 Å². The molecule has 1 aliphatic rings. The van der Waals surface area contributed by atoms with Crippen molar-refractivity contribution in [2.75, 3.05) is 11.4 Å². The van der Waals surface area contributed by atoms with E-state index in [0.29, 0.717) is 30.1 Å². The number of imidazole rings is 1. The molecule has 1 amide bonds. The molecule has 0 unspecified atom stereocenters. The van der Waals surface area contributed by atoms with E-state index in [4.69, 9.17) is 10.00 Å². The second kappa shape index (κ2) is 7.92. The van der Waals surface area contributed by atoms with E-state index in [1.807, 2.05) is 47.4 Å². The van der Waals surface area contributed by atoms with Crippen LogP contribution in [0.3, 0.4) is 0 Å². The molecular weight excluding hydrogens is 390 g/mol. The maximum absolute atomic E-state index is 12.0. The zero-order chi connectivity index (χ0) is 21.2. The summed E-state index contributed by atoms with van der Waals surface area (Å²) in [6.45, 7) is 1.09. The van der Waals surface area contributed by atoms with Gasteiger partial charge in [0.15, 0.2) is 5.65 Å².